The summed E-state index contributed by atoms with van der Waals surface area (Å²) in [6, 6.07) is 10.2. The Morgan fingerprint density at radius 3 is 2.57 bits per heavy atom. The largest absolute Gasteiger partial charge is 0.325 e. The van der Waals surface area contributed by atoms with Crippen LogP contribution in [0.2, 0.25) is 0 Å². The summed E-state index contributed by atoms with van der Waals surface area (Å²) in [5, 5.41) is 3.49. The van der Waals surface area contributed by atoms with E-state index < -0.39 is 0 Å². The lowest BCUT2D eigenvalue weighted by molar-refractivity contribution is -0.130. The predicted molar refractivity (Wildman–Crippen MR) is 86.0 cm³/mol. The molecule has 2 atom stereocenters. The third kappa shape index (κ3) is 4.05. The molecule has 116 valence electrons. The highest BCUT2D eigenvalue weighted by Gasteiger charge is 2.37. The molecule has 0 bridgehead atoms. The first kappa shape index (κ1) is 16.0. The van der Waals surface area contributed by atoms with E-state index >= 15 is 0 Å². The van der Waals surface area contributed by atoms with Crippen LogP contribution in [0.1, 0.15) is 25.8 Å². The summed E-state index contributed by atoms with van der Waals surface area (Å²) in [4.78, 5) is 16.9. The van der Waals surface area contributed by atoms with Gasteiger partial charge in [-0.15, -0.1) is 0 Å². The van der Waals surface area contributed by atoms with Gasteiger partial charge in [-0.25, -0.2) is 0 Å². The number of carbonyl (C=O) groups is 1. The maximum atomic E-state index is 12.6. The average molecular weight is 289 g/mol. The highest BCUT2D eigenvalue weighted by atomic mass is 16.2. The molecule has 4 nitrogen and oxygen atoms in total. The summed E-state index contributed by atoms with van der Waals surface area (Å²) in [5.74, 6) is 0.246. The lowest BCUT2D eigenvalue weighted by Crippen LogP contribution is -2.41. The quantitative estimate of drug-likeness (QED) is 0.830. The second kappa shape index (κ2) is 7.57. The molecule has 2 rings (SSSR count). The van der Waals surface area contributed by atoms with Gasteiger partial charge in [0.25, 0.3) is 0 Å². The predicted octanol–water partition coefficient (Wildman–Crippen LogP) is 1.72. The molecule has 1 aromatic carbocycles. The molecular formula is C17H27N3O. The molecule has 0 radical (unpaired) electrons. The molecule has 21 heavy (non-hydrogen) atoms. The molecule has 1 amide bonds. The normalized spacial score (nSPS) is 22.3. The van der Waals surface area contributed by atoms with Crippen LogP contribution in [0, 0.1) is 0 Å². The summed E-state index contributed by atoms with van der Waals surface area (Å²) in [6.07, 6.45) is 1.90. The smallest absolute Gasteiger partial charge is 0.241 e. The zero-order valence-corrected chi connectivity index (χ0v) is 13.4. The van der Waals surface area contributed by atoms with Gasteiger partial charge < -0.3 is 9.80 Å². The lowest BCUT2D eigenvalue weighted by Gasteiger charge is -2.25. The van der Waals surface area contributed by atoms with E-state index in [0.29, 0.717) is 0 Å². The first-order valence-corrected chi connectivity index (χ1v) is 7.94. The summed E-state index contributed by atoms with van der Waals surface area (Å²) in [5.41, 5.74) is 1.21. The van der Waals surface area contributed by atoms with E-state index in [2.05, 4.69) is 43.2 Å². The first-order valence-electron chi connectivity index (χ1n) is 7.94. The van der Waals surface area contributed by atoms with Gasteiger partial charge in [0.2, 0.25) is 5.91 Å². The van der Waals surface area contributed by atoms with Crippen LogP contribution in [-0.4, -0.2) is 54.6 Å². The minimum absolute atomic E-state index is 0.0794. The monoisotopic (exact) mass is 289 g/mol. The van der Waals surface area contributed by atoms with Crippen LogP contribution < -0.4 is 5.32 Å². The maximum Gasteiger partial charge on any atom is 0.241 e. The van der Waals surface area contributed by atoms with Gasteiger partial charge in [-0.2, -0.15) is 0 Å². The Morgan fingerprint density at radius 1 is 1.24 bits per heavy atom. The van der Waals surface area contributed by atoms with Crippen molar-refractivity contribution in [2.45, 2.75) is 38.9 Å². The van der Waals surface area contributed by atoms with Crippen molar-refractivity contribution in [1.82, 2.24) is 15.1 Å². The van der Waals surface area contributed by atoms with E-state index in [4.69, 9.17) is 0 Å². The fraction of sp³-hybridized carbons (Fsp3) is 0.588. The molecule has 0 aromatic heterocycles. The van der Waals surface area contributed by atoms with E-state index in [-0.39, 0.29) is 18.1 Å². The molecule has 1 aliphatic heterocycles. The van der Waals surface area contributed by atoms with Crippen LogP contribution in [0.15, 0.2) is 30.3 Å². The summed E-state index contributed by atoms with van der Waals surface area (Å²) < 4.78 is 0. The second-order valence-electron chi connectivity index (χ2n) is 5.76. The molecule has 0 saturated carbocycles. The van der Waals surface area contributed by atoms with Gasteiger partial charge in [0.15, 0.2) is 0 Å². The third-order valence-corrected chi connectivity index (χ3v) is 4.28. The van der Waals surface area contributed by atoms with Crippen LogP contribution in [0.25, 0.3) is 0 Å². The average Bonchev–Trinajstić information content (AvgIpc) is 2.81. The van der Waals surface area contributed by atoms with Crippen LogP contribution in [0.4, 0.5) is 0 Å². The Hall–Kier alpha value is -1.39. The first-order chi connectivity index (χ1) is 10.2. The van der Waals surface area contributed by atoms with Gasteiger partial charge in [-0.05, 0) is 32.0 Å². The molecule has 1 heterocycles. The molecule has 1 saturated heterocycles. The van der Waals surface area contributed by atoms with Crippen molar-refractivity contribution in [2.24, 2.45) is 0 Å². The molecule has 0 aliphatic carbocycles. The Bertz CT molecular complexity index is 449. The SMILES string of the molecule is CCC1NC(Cc2ccccc2)C(=O)N1CCN(C)CC. The zero-order valence-electron chi connectivity index (χ0n) is 13.4. The van der Waals surface area contributed by atoms with Crippen molar-refractivity contribution in [3.63, 3.8) is 0 Å². The number of amides is 1. The van der Waals surface area contributed by atoms with Crippen LogP contribution in [0.3, 0.4) is 0 Å². The molecule has 1 aliphatic rings. The summed E-state index contributed by atoms with van der Waals surface area (Å²) in [7, 11) is 2.09. The molecule has 1 fully saturated rings. The lowest BCUT2D eigenvalue weighted by atomic mass is 10.1. The number of hydrogen-bond donors (Lipinski definition) is 1. The standard InChI is InChI=1S/C17H27N3O/c1-4-16-18-15(13-14-9-7-6-8-10-14)17(21)20(16)12-11-19(3)5-2/h6-10,15-16,18H,4-5,11-13H2,1-3H3. The summed E-state index contributed by atoms with van der Waals surface area (Å²) >= 11 is 0. The van der Waals surface area contributed by atoms with E-state index in [1.54, 1.807) is 0 Å². The van der Waals surface area contributed by atoms with Crippen molar-refractivity contribution < 1.29 is 4.79 Å². The van der Waals surface area contributed by atoms with Gasteiger partial charge in [0, 0.05) is 13.1 Å². The van der Waals surface area contributed by atoms with Crippen molar-refractivity contribution in [2.75, 3.05) is 26.7 Å². The van der Waals surface area contributed by atoms with Crippen LogP contribution in [-0.2, 0) is 11.2 Å². The number of nitrogens with one attached hydrogen (secondary N) is 1. The molecule has 1 N–H and O–H groups in total. The highest BCUT2D eigenvalue weighted by molar-refractivity contribution is 5.84. The van der Waals surface area contributed by atoms with Crippen molar-refractivity contribution in [1.29, 1.82) is 0 Å². The van der Waals surface area contributed by atoms with Gasteiger partial charge in [-0.3, -0.25) is 10.1 Å². The third-order valence-electron chi connectivity index (χ3n) is 4.28. The minimum Gasteiger partial charge on any atom is -0.325 e. The zero-order chi connectivity index (χ0) is 15.2. The van der Waals surface area contributed by atoms with E-state index in [1.165, 1.54) is 5.56 Å². The minimum atomic E-state index is -0.0794. The number of likely N-dealkylation sites (N-methyl/N-ethyl adjacent to an activating group) is 1. The van der Waals surface area contributed by atoms with Gasteiger partial charge in [0.05, 0.1) is 12.2 Å². The highest BCUT2D eigenvalue weighted by Crippen LogP contribution is 2.17. The fourth-order valence-electron chi connectivity index (χ4n) is 2.78. The van der Waals surface area contributed by atoms with Gasteiger partial charge in [-0.1, -0.05) is 44.2 Å². The number of rotatable bonds is 7. The number of benzene rings is 1. The molecular weight excluding hydrogens is 262 g/mol. The van der Waals surface area contributed by atoms with E-state index in [9.17, 15) is 4.79 Å². The number of carbonyl (C=O) groups excluding carboxylic acids is 1. The van der Waals surface area contributed by atoms with Crippen LogP contribution >= 0.6 is 0 Å². The second-order valence-corrected chi connectivity index (χ2v) is 5.76. The Balaban J connectivity index is 1.98. The van der Waals surface area contributed by atoms with E-state index in [0.717, 1.165) is 32.5 Å². The van der Waals surface area contributed by atoms with E-state index in [1.807, 2.05) is 23.1 Å². The Kier molecular flexibility index (Phi) is 5.76. The molecule has 2 unspecified atom stereocenters. The number of hydrogen-bond acceptors (Lipinski definition) is 3. The van der Waals surface area contributed by atoms with Gasteiger partial charge in [0.1, 0.15) is 0 Å². The Labute approximate surface area is 128 Å². The summed E-state index contributed by atoms with van der Waals surface area (Å²) in [6.45, 7) is 7.02. The molecule has 1 aromatic rings. The van der Waals surface area contributed by atoms with Crippen molar-refractivity contribution >= 4 is 5.91 Å². The van der Waals surface area contributed by atoms with Gasteiger partial charge >= 0.3 is 0 Å². The van der Waals surface area contributed by atoms with Crippen molar-refractivity contribution in [3.8, 4) is 0 Å². The number of nitrogens with zero attached hydrogens (tertiary/aromatic N) is 2. The fourth-order valence-corrected chi connectivity index (χ4v) is 2.78. The molecule has 0 spiro atoms. The van der Waals surface area contributed by atoms with Crippen LogP contribution in [0.5, 0.6) is 0 Å². The topological polar surface area (TPSA) is 35.6 Å². The van der Waals surface area contributed by atoms with Crippen molar-refractivity contribution in [3.05, 3.63) is 35.9 Å². The Morgan fingerprint density at radius 2 is 1.95 bits per heavy atom. The maximum absolute atomic E-state index is 12.6. The molecule has 4 heteroatoms.